The molecule has 0 radical (unpaired) electrons. The molecule has 0 aliphatic heterocycles. The van der Waals surface area contributed by atoms with Crippen LogP contribution in [0.5, 0.6) is 0 Å². The lowest BCUT2D eigenvalue weighted by molar-refractivity contribution is 0.456. The maximum absolute atomic E-state index is 5.30. The predicted octanol–water partition coefficient (Wildman–Crippen LogP) is 3.74. The lowest BCUT2D eigenvalue weighted by Crippen LogP contribution is -1.90. The number of rotatable bonds is 5. The van der Waals surface area contributed by atoms with Gasteiger partial charge in [-0.2, -0.15) is 0 Å². The van der Waals surface area contributed by atoms with E-state index in [0.29, 0.717) is 5.92 Å². The van der Waals surface area contributed by atoms with Crippen molar-refractivity contribution < 1.29 is 4.42 Å². The molecule has 0 spiro atoms. The van der Waals surface area contributed by atoms with E-state index < -0.39 is 0 Å². The molecule has 1 nitrogen and oxygen atoms in total. The van der Waals surface area contributed by atoms with E-state index in [1.165, 1.54) is 12.8 Å². The van der Waals surface area contributed by atoms with Crippen LogP contribution in [0.2, 0.25) is 0 Å². The summed E-state index contributed by atoms with van der Waals surface area (Å²) in [7, 11) is 0. The van der Waals surface area contributed by atoms with Gasteiger partial charge in [0.15, 0.2) is 0 Å². The van der Waals surface area contributed by atoms with Crippen LogP contribution < -0.4 is 0 Å². The maximum Gasteiger partial charge on any atom is 0.106 e. The van der Waals surface area contributed by atoms with E-state index in [1.54, 1.807) is 6.26 Å². The number of unbranched alkanes of at least 4 members (excludes halogenated alkanes) is 1. The van der Waals surface area contributed by atoms with Gasteiger partial charge in [-0.1, -0.05) is 13.0 Å². The number of allylic oxidation sites excluding steroid dienone is 1. The van der Waals surface area contributed by atoms with Gasteiger partial charge >= 0.3 is 0 Å². The van der Waals surface area contributed by atoms with Gasteiger partial charge in [-0.15, -0.1) is 6.58 Å². The minimum atomic E-state index is 0.542. The van der Waals surface area contributed by atoms with E-state index >= 15 is 0 Å². The maximum atomic E-state index is 5.30. The highest BCUT2D eigenvalue weighted by Crippen LogP contribution is 2.21. The van der Waals surface area contributed by atoms with E-state index in [4.69, 9.17) is 4.42 Å². The molecular formula is C11H16O. The van der Waals surface area contributed by atoms with Crippen LogP contribution in [-0.2, 0) is 0 Å². The van der Waals surface area contributed by atoms with Crippen LogP contribution in [0.4, 0.5) is 0 Å². The van der Waals surface area contributed by atoms with Crippen LogP contribution in [0.15, 0.2) is 35.5 Å². The average Bonchev–Trinajstić information content (AvgIpc) is 2.56. The van der Waals surface area contributed by atoms with Gasteiger partial charge in [-0.3, -0.25) is 0 Å². The third-order valence-electron chi connectivity index (χ3n) is 2.07. The molecule has 1 heteroatoms. The molecule has 0 aromatic carbocycles. The molecule has 1 heterocycles. The zero-order valence-electron chi connectivity index (χ0n) is 7.62. The summed E-state index contributed by atoms with van der Waals surface area (Å²) in [4.78, 5) is 0. The van der Waals surface area contributed by atoms with Crippen LogP contribution in [-0.4, -0.2) is 0 Å². The van der Waals surface area contributed by atoms with E-state index in [-0.39, 0.29) is 0 Å². The molecule has 0 N–H and O–H groups in total. The van der Waals surface area contributed by atoms with Gasteiger partial charge in [0.05, 0.1) is 6.26 Å². The average molecular weight is 164 g/mol. The molecule has 0 saturated carbocycles. The van der Waals surface area contributed by atoms with Crippen molar-refractivity contribution in [2.45, 2.75) is 32.1 Å². The molecule has 1 aromatic heterocycles. The molecule has 0 aliphatic carbocycles. The van der Waals surface area contributed by atoms with Gasteiger partial charge in [0.1, 0.15) is 5.76 Å². The smallest absolute Gasteiger partial charge is 0.106 e. The Morgan fingerprint density at radius 2 is 2.50 bits per heavy atom. The van der Waals surface area contributed by atoms with E-state index in [9.17, 15) is 0 Å². The first-order chi connectivity index (χ1) is 5.84. The lowest BCUT2D eigenvalue weighted by Gasteiger charge is -2.05. The molecule has 66 valence electrons. The van der Waals surface area contributed by atoms with Crippen molar-refractivity contribution in [3.63, 3.8) is 0 Å². The van der Waals surface area contributed by atoms with Gasteiger partial charge in [0.2, 0.25) is 0 Å². The summed E-state index contributed by atoms with van der Waals surface area (Å²) in [6.07, 6.45) is 7.18. The van der Waals surface area contributed by atoms with Crippen molar-refractivity contribution in [2.24, 2.45) is 0 Å². The highest BCUT2D eigenvalue weighted by Gasteiger charge is 2.06. The molecule has 1 rings (SSSR count). The fourth-order valence-corrected chi connectivity index (χ4v) is 1.28. The van der Waals surface area contributed by atoms with E-state index in [2.05, 4.69) is 13.5 Å². The summed E-state index contributed by atoms with van der Waals surface area (Å²) in [5.74, 6) is 1.64. The second-order valence-electron chi connectivity index (χ2n) is 3.14. The van der Waals surface area contributed by atoms with Crippen LogP contribution in [0.1, 0.15) is 37.9 Å². The zero-order chi connectivity index (χ0) is 8.81. The summed E-state index contributed by atoms with van der Waals surface area (Å²) < 4.78 is 5.30. The minimum absolute atomic E-state index is 0.542. The minimum Gasteiger partial charge on any atom is -0.469 e. The SMILES string of the molecule is C=CCCCC(C)c1ccco1. The molecule has 12 heavy (non-hydrogen) atoms. The Kier molecular flexibility index (Phi) is 3.65. The van der Waals surface area contributed by atoms with Gasteiger partial charge in [0.25, 0.3) is 0 Å². The highest BCUT2D eigenvalue weighted by atomic mass is 16.3. The Morgan fingerprint density at radius 3 is 3.08 bits per heavy atom. The topological polar surface area (TPSA) is 13.1 Å². The number of hydrogen-bond acceptors (Lipinski definition) is 1. The van der Waals surface area contributed by atoms with Crippen LogP contribution in [0, 0.1) is 0 Å². The summed E-state index contributed by atoms with van der Waals surface area (Å²) in [5.41, 5.74) is 0. The highest BCUT2D eigenvalue weighted by molar-refractivity contribution is 5.03. The van der Waals surface area contributed by atoms with Crippen LogP contribution >= 0.6 is 0 Å². The Balaban J connectivity index is 2.29. The molecular weight excluding hydrogens is 148 g/mol. The predicted molar refractivity (Wildman–Crippen MR) is 51.2 cm³/mol. The Hall–Kier alpha value is -0.980. The van der Waals surface area contributed by atoms with E-state index in [0.717, 1.165) is 12.2 Å². The van der Waals surface area contributed by atoms with Crippen molar-refractivity contribution in [1.82, 2.24) is 0 Å². The third-order valence-corrected chi connectivity index (χ3v) is 2.07. The van der Waals surface area contributed by atoms with Gasteiger partial charge in [-0.05, 0) is 31.4 Å². The first-order valence-electron chi connectivity index (χ1n) is 4.49. The van der Waals surface area contributed by atoms with Crippen molar-refractivity contribution >= 4 is 0 Å². The Labute approximate surface area is 74.1 Å². The fraction of sp³-hybridized carbons (Fsp3) is 0.455. The van der Waals surface area contributed by atoms with Crippen molar-refractivity contribution in [2.75, 3.05) is 0 Å². The zero-order valence-corrected chi connectivity index (χ0v) is 7.62. The van der Waals surface area contributed by atoms with Gasteiger partial charge in [0, 0.05) is 5.92 Å². The van der Waals surface area contributed by atoms with E-state index in [1.807, 2.05) is 18.2 Å². The van der Waals surface area contributed by atoms with Crippen LogP contribution in [0.25, 0.3) is 0 Å². The molecule has 1 unspecified atom stereocenters. The second kappa shape index (κ2) is 4.81. The van der Waals surface area contributed by atoms with Crippen molar-refractivity contribution in [3.05, 3.63) is 36.8 Å². The summed E-state index contributed by atoms with van der Waals surface area (Å²) in [6.45, 7) is 5.89. The quantitative estimate of drug-likeness (QED) is 0.477. The monoisotopic (exact) mass is 164 g/mol. The molecule has 0 amide bonds. The number of hydrogen-bond donors (Lipinski definition) is 0. The first kappa shape index (κ1) is 9.11. The summed E-state index contributed by atoms with van der Waals surface area (Å²) >= 11 is 0. The number of furan rings is 1. The lowest BCUT2D eigenvalue weighted by atomic mass is 10.0. The standard InChI is InChI=1S/C11H16O/c1-3-4-5-7-10(2)11-8-6-9-12-11/h3,6,8-10H,1,4-5,7H2,2H3. The largest absolute Gasteiger partial charge is 0.469 e. The van der Waals surface area contributed by atoms with Crippen molar-refractivity contribution in [3.8, 4) is 0 Å². The molecule has 0 saturated heterocycles. The third kappa shape index (κ3) is 2.57. The van der Waals surface area contributed by atoms with Gasteiger partial charge in [-0.25, -0.2) is 0 Å². The van der Waals surface area contributed by atoms with Gasteiger partial charge < -0.3 is 4.42 Å². The molecule has 0 bridgehead atoms. The molecule has 0 fully saturated rings. The summed E-state index contributed by atoms with van der Waals surface area (Å²) in [6, 6.07) is 3.98. The Morgan fingerprint density at radius 1 is 1.67 bits per heavy atom. The van der Waals surface area contributed by atoms with Crippen molar-refractivity contribution in [1.29, 1.82) is 0 Å². The summed E-state index contributed by atoms with van der Waals surface area (Å²) in [5, 5.41) is 0. The fourth-order valence-electron chi connectivity index (χ4n) is 1.28. The molecule has 1 aromatic rings. The normalized spacial score (nSPS) is 12.8. The molecule has 1 atom stereocenters. The first-order valence-corrected chi connectivity index (χ1v) is 4.49. The van der Waals surface area contributed by atoms with Crippen LogP contribution in [0.3, 0.4) is 0 Å². The Bertz CT molecular complexity index is 211. The molecule has 0 aliphatic rings. The second-order valence-corrected chi connectivity index (χ2v) is 3.14.